The number of rotatable bonds is 3. The number of primary amides is 1. The van der Waals surface area contributed by atoms with Crippen molar-refractivity contribution in [3.8, 4) is 11.5 Å². The van der Waals surface area contributed by atoms with Gasteiger partial charge >= 0.3 is 0 Å². The number of nitrogen functional groups attached to an aromatic ring is 1. The molecule has 4 N–H and O–H groups in total. The molecule has 0 saturated carbocycles. The van der Waals surface area contributed by atoms with Gasteiger partial charge in [0.1, 0.15) is 5.75 Å². The molecule has 0 saturated heterocycles. The van der Waals surface area contributed by atoms with E-state index in [-0.39, 0.29) is 16.9 Å². The molecular formula is C16H19N3O2. The van der Waals surface area contributed by atoms with Gasteiger partial charge < -0.3 is 16.2 Å². The van der Waals surface area contributed by atoms with Gasteiger partial charge in [-0.1, -0.05) is 39.0 Å². The summed E-state index contributed by atoms with van der Waals surface area (Å²) in [7, 11) is 0. The summed E-state index contributed by atoms with van der Waals surface area (Å²) in [6, 6.07) is 9.19. The first kappa shape index (κ1) is 14.8. The van der Waals surface area contributed by atoms with E-state index in [4.69, 9.17) is 16.2 Å². The van der Waals surface area contributed by atoms with Crippen LogP contribution in [0.5, 0.6) is 11.5 Å². The summed E-state index contributed by atoms with van der Waals surface area (Å²) in [6.45, 7) is 6.26. The predicted octanol–water partition coefficient (Wildman–Crippen LogP) is 2.85. The van der Waals surface area contributed by atoms with Crippen molar-refractivity contribution in [1.29, 1.82) is 0 Å². The van der Waals surface area contributed by atoms with Crippen molar-refractivity contribution in [1.82, 2.24) is 4.98 Å². The largest absolute Gasteiger partial charge is 0.454 e. The van der Waals surface area contributed by atoms with Gasteiger partial charge in [0, 0.05) is 11.6 Å². The molecule has 5 heteroatoms. The Hall–Kier alpha value is -2.56. The second-order valence-electron chi connectivity index (χ2n) is 5.83. The van der Waals surface area contributed by atoms with Gasteiger partial charge in [0.2, 0.25) is 0 Å². The van der Waals surface area contributed by atoms with E-state index in [2.05, 4.69) is 25.8 Å². The van der Waals surface area contributed by atoms with Crippen molar-refractivity contribution in [2.24, 2.45) is 5.73 Å². The van der Waals surface area contributed by atoms with Crippen LogP contribution in [0.25, 0.3) is 0 Å². The van der Waals surface area contributed by atoms with Crippen molar-refractivity contribution in [2.75, 3.05) is 5.73 Å². The molecule has 0 radical (unpaired) electrons. The van der Waals surface area contributed by atoms with E-state index in [0.717, 1.165) is 5.56 Å². The van der Waals surface area contributed by atoms with Crippen LogP contribution < -0.4 is 16.2 Å². The molecule has 0 atom stereocenters. The SMILES string of the molecule is CC(C)(C)c1ccccc1Oc1cc(N)cnc1C(N)=O. The van der Waals surface area contributed by atoms with Gasteiger partial charge in [-0.25, -0.2) is 4.98 Å². The van der Waals surface area contributed by atoms with E-state index in [0.29, 0.717) is 11.4 Å². The van der Waals surface area contributed by atoms with Crippen molar-refractivity contribution in [3.05, 3.63) is 47.8 Å². The molecule has 0 bridgehead atoms. The van der Waals surface area contributed by atoms with Gasteiger partial charge in [-0.05, 0) is 11.5 Å². The summed E-state index contributed by atoms with van der Waals surface area (Å²) in [5.41, 5.74) is 12.4. The van der Waals surface area contributed by atoms with Crippen LogP contribution in [-0.2, 0) is 5.41 Å². The molecule has 1 heterocycles. The first-order valence-corrected chi connectivity index (χ1v) is 6.61. The fraction of sp³-hybridized carbons (Fsp3) is 0.250. The van der Waals surface area contributed by atoms with Gasteiger partial charge in [-0.2, -0.15) is 0 Å². The highest BCUT2D eigenvalue weighted by Gasteiger charge is 2.20. The maximum Gasteiger partial charge on any atom is 0.271 e. The lowest BCUT2D eigenvalue weighted by Crippen LogP contribution is -2.16. The van der Waals surface area contributed by atoms with Gasteiger partial charge in [0.05, 0.1) is 11.9 Å². The monoisotopic (exact) mass is 285 g/mol. The molecule has 0 aliphatic heterocycles. The van der Waals surface area contributed by atoms with Crippen LogP contribution in [0.3, 0.4) is 0 Å². The highest BCUT2D eigenvalue weighted by Crippen LogP contribution is 2.35. The normalized spacial score (nSPS) is 11.2. The smallest absolute Gasteiger partial charge is 0.271 e. The van der Waals surface area contributed by atoms with E-state index >= 15 is 0 Å². The Balaban J connectivity index is 2.49. The lowest BCUT2D eigenvalue weighted by molar-refractivity contribution is 0.0993. The average Bonchev–Trinajstić information content (AvgIpc) is 2.37. The van der Waals surface area contributed by atoms with Crippen LogP contribution in [0.2, 0.25) is 0 Å². The molecule has 2 aromatic rings. The van der Waals surface area contributed by atoms with Gasteiger partial charge in [0.15, 0.2) is 11.4 Å². The van der Waals surface area contributed by atoms with Gasteiger partial charge in [-0.15, -0.1) is 0 Å². The Bertz CT molecular complexity index is 675. The Morgan fingerprint density at radius 2 is 1.86 bits per heavy atom. The molecule has 21 heavy (non-hydrogen) atoms. The number of amides is 1. The minimum absolute atomic E-state index is 0.0629. The number of hydrogen-bond donors (Lipinski definition) is 2. The summed E-state index contributed by atoms with van der Waals surface area (Å²) in [5.74, 6) is 0.261. The van der Waals surface area contributed by atoms with Crippen LogP contribution >= 0.6 is 0 Å². The minimum Gasteiger partial charge on any atom is -0.454 e. The number of para-hydroxylation sites is 1. The zero-order valence-electron chi connectivity index (χ0n) is 12.4. The molecule has 1 aromatic carbocycles. The fourth-order valence-corrected chi connectivity index (χ4v) is 2.02. The number of carbonyl (C=O) groups excluding carboxylic acids is 1. The summed E-state index contributed by atoms with van der Waals surface area (Å²) >= 11 is 0. The topological polar surface area (TPSA) is 91.2 Å². The lowest BCUT2D eigenvalue weighted by Gasteiger charge is -2.22. The maximum atomic E-state index is 11.4. The molecule has 0 fully saturated rings. The zero-order valence-corrected chi connectivity index (χ0v) is 12.4. The number of anilines is 1. The Labute approximate surface area is 123 Å². The molecule has 0 unspecified atom stereocenters. The van der Waals surface area contributed by atoms with E-state index in [1.165, 1.54) is 6.20 Å². The molecule has 0 spiro atoms. The fourth-order valence-electron chi connectivity index (χ4n) is 2.02. The Morgan fingerprint density at radius 1 is 1.19 bits per heavy atom. The van der Waals surface area contributed by atoms with Crippen LogP contribution in [0.4, 0.5) is 5.69 Å². The van der Waals surface area contributed by atoms with E-state index in [9.17, 15) is 4.79 Å². The molecule has 2 rings (SSSR count). The third-order valence-electron chi connectivity index (χ3n) is 3.02. The van der Waals surface area contributed by atoms with Crippen LogP contribution in [0.1, 0.15) is 36.8 Å². The molecule has 0 aliphatic carbocycles. The Kier molecular flexibility index (Phi) is 3.84. The van der Waals surface area contributed by atoms with Crippen molar-refractivity contribution in [2.45, 2.75) is 26.2 Å². The van der Waals surface area contributed by atoms with Crippen LogP contribution in [0.15, 0.2) is 36.5 Å². The standard InChI is InChI=1S/C16H19N3O2/c1-16(2,3)11-6-4-5-7-12(11)21-13-8-10(17)9-19-14(13)15(18)20/h4-9H,17H2,1-3H3,(H2,18,20). The van der Waals surface area contributed by atoms with Crippen LogP contribution in [0, 0.1) is 0 Å². The number of hydrogen-bond acceptors (Lipinski definition) is 4. The molecule has 1 aromatic heterocycles. The molecule has 110 valence electrons. The number of benzene rings is 1. The number of nitrogens with zero attached hydrogens (tertiary/aromatic N) is 1. The summed E-state index contributed by atoms with van der Waals surface area (Å²) in [6.07, 6.45) is 1.38. The first-order chi connectivity index (χ1) is 9.79. The van der Waals surface area contributed by atoms with Crippen molar-refractivity contribution >= 4 is 11.6 Å². The third-order valence-corrected chi connectivity index (χ3v) is 3.02. The second-order valence-corrected chi connectivity index (χ2v) is 5.83. The van der Waals surface area contributed by atoms with Crippen LogP contribution in [-0.4, -0.2) is 10.9 Å². The van der Waals surface area contributed by atoms with Gasteiger partial charge in [-0.3, -0.25) is 4.79 Å². The summed E-state index contributed by atoms with van der Waals surface area (Å²) < 4.78 is 5.87. The zero-order chi connectivity index (χ0) is 15.6. The number of pyridine rings is 1. The number of aromatic nitrogens is 1. The molecule has 0 aliphatic rings. The predicted molar refractivity (Wildman–Crippen MR) is 82.4 cm³/mol. The molecule has 1 amide bonds. The molecule has 5 nitrogen and oxygen atoms in total. The quantitative estimate of drug-likeness (QED) is 0.907. The first-order valence-electron chi connectivity index (χ1n) is 6.61. The second kappa shape index (κ2) is 5.44. The van der Waals surface area contributed by atoms with Crippen molar-refractivity contribution in [3.63, 3.8) is 0 Å². The minimum atomic E-state index is -0.654. The Morgan fingerprint density at radius 3 is 2.48 bits per heavy atom. The summed E-state index contributed by atoms with van der Waals surface area (Å²) in [4.78, 5) is 15.4. The number of carbonyl (C=O) groups is 1. The lowest BCUT2D eigenvalue weighted by atomic mass is 9.86. The number of nitrogens with two attached hydrogens (primary N) is 2. The van der Waals surface area contributed by atoms with Crippen molar-refractivity contribution < 1.29 is 9.53 Å². The third kappa shape index (κ3) is 3.31. The van der Waals surface area contributed by atoms with E-state index in [1.54, 1.807) is 6.07 Å². The average molecular weight is 285 g/mol. The van der Waals surface area contributed by atoms with E-state index in [1.807, 2.05) is 24.3 Å². The number of ether oxygens (including phenoxy) is 1. The maximum absolute atomic E-state index is 11.4. The highest BCUT2D eigenvalue weighted by atomic mass is 16.5. The molecular weight excluding hydrogens is 266 g/mol. The van der Waals surface area contributed by atoms with Gasteiger partial charge in [0.25, 0.3) is 5.91 Å². The summed E-state index contributed by atoms with van der Waals surface area (Å²) in [5, 5.41) is 0. The highest BCUT2D eigenvalue weighted by molar-refractivity contribution is 5.94. The van der Waals surface area contributed by atoms with E-state index < -0.39 is 5.91 Å².